The number of thiazole rings is 1. The quantitative estimate of drug-likeness (QED) is 0.759. The largest absolute Gasteiger partial charge is 0.252 e. The van der Waals surface area contributed by atoms with Crippen LogP contribution >= 0.6 is 11.3 Å². The summed E-state index contributed by atoms with van der Waals surface area (Å²) in [6.45, 7) is 0. The van der Waals surface area contributed by atoms with Crippen LogP contribution in [0.3, 0.4) is 0 Å². The minimum Gasteiger partial charge on any atom is -0.252 e. The molecule has 1 atom stereocenters. The Kier molecular flexibility index (Phi) is 2.52. The van der Waals surface area contributed by atoms with E-state index in [1.54, 1.807) is 11.7 Å². The zero-order valence-corrected chi connectivity index (χ0v) is 8.35. The molecule has 1 heterocycles. The Balaban J connectivity index is 2.34. The average molecular weight is 209 g/mol. The van der Waals surface area contributed by atoms with Gasteiger partial charge in [0.1, 0.15) is 4.21 Å². The lowest BCUT2D eigenvalue weighted by Gasteiger charge is -1.96. The lowest BCUT2D eigenvalue weighted by atomic mass is 10.4. The van der Waals surface area contributed by atoms with Gasteiger partial charge in [0.05, 0.1) is 22.5 Å². The van der Waals surface area contributed by atoms with E-state index in [-0.39, 0.29) is 0 Å². The zero-order chi connectivity index (χ0) is 9.10. The van der Waals surface area contributed by atoms with Crippen molar-refractivity contribution in [3.05, 3.63) is 42.0 Å². The van der Waals surface area contributed by atoms with Gasteiger partial charge in [-0.05, 0) is 12.1 Å². The first-order chi connectivity index (χ1) is 6.38. The minimum atomic E-state index is -1.06. The van der Waals surface area contributed by atoms with Crippen molar-refractivity contribution in [2.75, 3.05) is 0 Å². The van der Waals surface area contributed by atoms with Crippen molar-refractivity contribution in [2.24, 2.45) is 0 Å². The highest BCUT2D eigenvalue weighted by molar-refractivity contribution is 7.87. The van der Waals surface area contributed by atoms with Crippen LogP contribution < -0.4 is 0 Å². The van der Waals surface area contributed by atoms with Gasteiger partial charge in [0.15, 0.2) is 0 Å². The second-order valence-corrected chi connectivity index (χ2v) is 5.00. The number of nitrogens with zero attached hydrogens (tertiary/aromatic N) is 1. The van der Waals surface area contributed by atoms with Crippen LogP contribution in [0, 0.1) is 0 Å². The number of aromatic nitrogens is 1. The summed E-state index contributed by atoms with van der Waals surface area (Å²) >= 11 is 1.41. The van der Waals surface area contributed by atoms with Gasteiger partial charge in [0.25, 0.3) is 0 Å². The minimum absolute atomic E-state index is 0.797. The molecule has 0 radical (unpaired) electrons. The van der Waals surface area contributed by atoms with Gasteiger partial charge in [-0.1, -0.05) is 18.2 Å². The molecule has 1 aromatic heterocycles. The molecule has 13 heavy (non-hydrogen) atoms. The summed E-state index contributed by atoms with van der Waals surface area (Å²) in [6.07, 6.45) is 1.65. The van der Waals surface area contributed by atoms with E-state index < -0.39 is 10.8 Å². The second kappa shape index (κ2) is 3.81. The summed E-state index contributed by atoms with van der Waals surface area (Å²) in [7, 11) is -1.06. The lowest BCUT2D eigenvalue weighted by molar-refractivity contribution is 0.684. The molecule has 0 amide bonds. The van der Waals surface area contributed by atoms with Crippen LogP contribution in [0.15, 0.2) is 51.1 Å². The Morgan fingerprint density at radius 2 is 2.00 bits per heavy atom. The maximum Gasteiger partial charge on any atom is 0.116 e. The van der Waals surface area contributed by atoms with Gasteiger partial charge in [0, 0.05) is 4.90 Å². The molecule has 0 bridgehead atoms. The molecule has 4 heteroatoms. The molecule has 2 nitrogen and oxygen atoms in total. The molecule has 0 saturated heterocycles. The maximum absolute atomic E-state index is 11.8. The summed E-state index contributed by atoms with van der Waals surface area (Å²) in [5.74, 6) is 0. The molecule has 2 rings (SSSR count). The standard InChI is InChI=1S/C9H7NOS2/c11-13(9-6-10-7-12-9)8-4-2-1-3-5-8/h1-7H. The molecule has 0 spiro atoms. The molecule has 0 fully saturated rings. The Hall–Kier alpha value is -1.00. The summed E-state index contributed by atoms with van der Waals surface area (Å²) in [5, 5.41) is 0. The van der Waals surface area contributed by atoms with E-state index in [0.717, 1.165) is 9.10 Å². The molecule has 1 aromatic carbocycles. The number of hydrogen-bond donors (Lipinski definition) is 0. The van der Waals surface area contributed by atoms with Crippen molar-refractivity contribution in [3.63, 3.8) is 0 Å². The first kappa shape index (κ1) is 8.59. The van der Waals surface area contributed by atoms with E-state index in [1.165, 1.54) is 11.3 Å². The molecular weight excluding hydrogens is 202 g/mol. The highest BCUT2D eigenvalue weighted by Gasteiger charge is 2.06. The first-order valence-electron chi connectivity index (χ1n) is 3.73. The van der Waals surface area contributed by atoms with Crippen LogP contribution in [0.1, 0.15) is 0 Å². The van der Waals surface area contributed by atoms with E-state index in [9.17, 15) is 4.21 Å². The molecule has 0 saturated carbocycles. The summed E-state index contributed by atoms with van der Waals surface area (Å²) < 4.78 is 12.6. The molecule has 66 valence electrons. The van der Waals surface area contributed by atoms with Crippen molar-refractivity contribution in [2.45, 2.75) is 9.10 Å². The van der Waals surface area contributed by atoms with Crippen LogP contribution in [0.5, 0.6) is 0 Å². The van der Waals surface area contributed by atoms with Gasteiger partial charge in [-0.2, -0.15) is 0 Å². The van der Waals surface area contributed by atoms with E-state index in [4.69, 9.17) is 0 Å². The monoisotopic (exact) mass is 209 g/mol. The number of benzene rings is 1. The molecule has 1 unspecified atom stereocenters. The molecule has 0 N–H and O–H groups in total. The van der Waals surface area contributed by atoms with Gasteiger partial charge in [-0.15, -0.1) is 11.3 Å². The molecule has 0 aliphatic heterocycles. The fourth-order valence-electron chi connectivity index (χ4n) is 0.956. The van der Waals surface area contributed by atoms with Crippen LogP contribution in [-0.2, 0) is 10.8 Å². The van der Waals surface area contributed by atoms with Crippen LogP contribution in [0.25, 0.3) is 0 Å². The Labute approximate surface area is 82.7 Å². The Morgan fingerprint density at radius 1 is 1.23 bits per heavy atom. The molecular formula is C9H7NOS2. The zero-order valence-electron chi connectivity index (χ0n) is 6.71. The number of rotatable bonds is 2. The van der Waals surface area contributed by atoms with Crippen molar-refractivity contribution in [1.29, 1.82) is 0 Å². The van der Waals surface area contributed by atoms with Gasteiger partial charge in [0.2, 0.25) is 0 Å². The van der Waals surface area contributed by atoms with Crippen molar-refractivity contribution < 1.29 is 4.21 Å². The molecule has 0 aliphatic rings. The van der Waals surface area contributed by atoms with Crippen LogP contribution in [0.4, 0.5) is 0 Å². The maximum atomic E-state index is 11.8. The normalized spacial score (nSPS) is 12.6. The summed E-state index contributed by atoms with van der Waals surface area (Å²) in [4.78, 5) is 4.72. The van der Waals surface area contributed by atoms with Crippen molar-refractivity contribution >= 4 is 22.1 Å². The fourth-order valence-corrected chi connectivity index (χ4v) is 2.86. The van der Waals surface area contributed by atoms with E-state index in [1.807, 2.05) is 30.3 Å². The summed E-state index contributed by atoms with van der Waals surface area (Å²) in [5.41, 5.74) is 1.69. The fraction of sp³-hybridized carbons (Fsp3) is 0. The third-order valence-corrected chi connectivity index (χ3v) is 4.03. The van der Waals surface area contributed by atoms with E-state index >= 15 is 0 Å². The Bertz CT molecular complexity index is 397. The highest BCUT2D eigenvalue weighted by Crippen LogP contribution is 2.18. The summed E-state index contributed by atoms with van der Waals surface area (Å²) in [6, 6.07) is 9.39. The molecule has 2 aromatic rings. The lowest BCUT2D eigenvalue weighted by Crippen LogP contribution is -1.88. The topological polar surface area (TPSA) is 30.0 Å². The average Bonchev–Trinajstić information content (AvgIpc) is 2.71. The van der Waals surface area contributed by atoms with E-state index in [0.29, 0.717) is 0 Å². The SMILES string of the molecule is O=S(c1ccccc1)c1cncs1. The molecule has 0 aliphatic carbocycles. The second-order valence-electron chi connectivity index (χ2n) is 2.40. The van der Waals surface area contributed by atoms with Crippen LogP contribution in [-0.4, -0.2) is 9.19 Å². The smallest absolute Gasteiger partial charge is 0.116 e. The third-order valence-electron chi connectivity index (χ3n) is 1.55. The highest BCUT2D eigenvalue weighted by atomic mass is 32.2. The van der Waals surface area contributed by atoms with Crippen molar-refractivity contribution in [1.82, 2.24) is 4.98 Å². The predicted molar refractivity (Wildman–Crippen MR) is 53.2 cm³/mol. The first-order valence-corrected chi connectivity index (χ1v) is 5.76. The van der Waals surface area contributed by atoms with Gasteiger partial charge in [-0.3, -0.25) is 4.98 Å². The number of hydrogen-bond acceptors (Lipinski definition) is 3. The van der Waals surface area contributed by atoms with Crippen molar-refractivity contribution in [3.8, 4) is 0 Å². The third kappa shape index (κ3) is 1.84. The van der Waals surface area contributed by atoms with Gasteiger partial charge < -0.3 is 0 Å². The van der Waals surface area contributed by atoms with E-state index in [2.05, 4.69) is 4.98 Å². The van der Waals surface area contributed by atoms with Crippen LogP contribution in [0.2, 0.25) is 0 Å². The predicted octanol–water partition coefficient (Wildman–Crippen LogP) is 2.31. The van der Waals surface area contributed by atoms with Gasteiger partial charge in [-0.25, -0.2) is 4.21 Å². The Morgan fingerprint density at radius 3 is 2.62 bits per heavy atom. The van der Waals surface area contributed by atoms with Gasteiger partial charge >= 0.3 is 0 Å².